The lowest BCUT2D eigenvalue weighted by atomic mass is 9.56. The number of halogens is 2. The molecule has 38 heavy (non-hydrogen) atoms. The number of likely N-dealkylation sites (tertiary alicyclic amines) is 2. The van der Waals surface area contributed by atoms with Gasteiger partial charge in [0.05, 0.1) is 5.41 Å². The van der Waals surface area contributed by atoms with Crippen LogP contribution >= 0.6 is 31.9 Å². The number of fused-ring (bicyclic) bond motifs is 3. The van der Waals surface area contributed by atoms with E-state index in [1.54, 1.807) is 4.90 Å². The van der Waals surface area contributed by atoms with Crippen molar-refractivity contribution in [3.8, 4) is 0 Å². The van der Waals surface area contributed by atoms with E-state index in [2.05, 4.69) is 60.8 Å². The maximum absolute atomic E-state index is 15.1. The number of carbonyl (C=O) groups excluding carboxylic acids is 2. The second kappa shape index (κ2) is 9.26. The zero-order valence-electron chi connectivity index (χ0n) is 21.6. The fourth-order valence-electron chi connectivity index (χ4n) is 7.20. The minimum atomic E-state index is -1.11. The van der Waals surface area contributed by atoms with Gasteiger partial charge in [-0.2, -0.15) is 0 Å². The molecule has 2 spiro atoms. The molecule has 0 N–H and O–H groups in total. The summed E-state index contributed by atoms with van der Waals surface area (Å²) in [6, 6.07) is 24.2. The molecule has 3 heterocycles. The molecule has 0 bridgehead atoms. The summed E-state index contributed by atoms with van der Waals surface area (Å²) in [5.41, 5.74) is 2.45. The van der Waals surface area contributed by atoms with Crippen molar-refractivity contribution in [2.24, 2.45) is 5.41 Å². The number of amides is 1. The first-order chi connectivity index (χ1) is 18.2. The Morgan fingerprint density at radius 2 is 1.50 bits per heavy atom. The lowest BCUT2D eigenvalue weighted by Crippen LogP contribution is -2.65. The summed E-state index contributed by atoms with van der Waals surface area (Å²) >= 11 is 7.07. The van der Waals surface area contributed by atoms with Crippen LogP contribution in [0, 0.1) is 5.41 Å². The van der Waals surface area contributed by atoms with E-state index in [9.17, 15) is 4.79 Å². The number of ketones is 1. The van der Waals surface area contributed by atoms with E-state index in [0.717, 1.165) is 36.9 Å². The summed E-state index contributed by atoms with van der Waals surface area (Å²) in [6.45, 7) is 1.62. The summed E-state index contributed by atoms with van der Waals surface area (Å²) < 4.78 is 1.98. The van der Waals surface area contributed by atoms with E-state index in [1.165, 1.54) is 0 Å². The van der Waals surface area contributed by atoms with Crippen LogP contribution < -0.4 is 4.90 Å². The van der Waals surface area contributed by atoms with Crippen molar-refractivity contribution in [3.05, 3.63) is 104 Å². The van der Waals surface area contributed by atoms with Crippen LogP contribution in [0.4, 0.5) is 5.69 Å². The Bertz CT molecular complexity index is 1470. The van der Waals surface area contributed by atoms with Gasteiger partial charge in [0.2, 0.25) is 0 Å². The Labute approximate surface area is 240 Å². The quantitative estimate of drug-likeness (QED) is 0.340. The first kappa shape index (κ1) is 25.7. The number of piperidine rings is 1. The van der Waals surface area contributed by atoms with Gasteiger partial charge in [-0.15, -0.1) is 0 Å². The van der Waals surface area contributed by atoms with Crippen LogP contribution in [0.2, 0.25) is 0 Å². The molecule has 7 heteroatoms. The Morgan fingerprint density at radius 1 is 0.868 bits per heavy atom. The lowest BCUT2D eigenvalue weighted by Gasteiger charge is -2.51. The summed E-state index contributed by atoms with van der Waals surface area (Å²) in [7, 11) is 5.90. The first-order valence-electron chi connectivity index (χ1n) is 12.7. The zero-order valence-corrected chi connectivity index (χ0v) is 24.8. The fraction of sp³-hybridized carbons (Fsp3) is 0.290. The van der Waals surface area contributed by atoms with Crippen LogP contribution in [0.3, 0.4) is 0 Å². The van der Waals surface area contributed by atoms with Crippen molar-refractivity contribution in [1.29, 1.82) is 0 Å². The molecule has 2 saturated heterocycles. The maximum Gasteiger partial charge on any atom is 0.253 e. The van der Waals surface area contributed by atoms with Gasteiger partial charge in [0, 0.05) is 58.4 Å². The lowest BCUT2D eigenvalue weighted by molar-refractivity contribution is -0.147. The molecule has 3 aromatic carbocycles. The highest BCUT2D eigenvalue weighted by Crippen LogP contribution is 2.65. The molecule has 0 saturated carbocycles. The van der Waals surface area contributed by atoms with E-state index < -0.39 is 11.0 Å². The molecule has 194 valence electrons. The van der Waals surface area contributed by atoms with Gasteiger partial charge in [0.1, 0.15) is 5.54 Å². The van der Waals surface area contributed by atoms with Crippen molar-refractivity contribution in [2.75, 3.05) is 45.7 Å². The fourth-order valence-corrected chi connectivity index (χ4v) is 7.73. The highest BCUT2D eigenvalue weighted by Gasteiger charge is 2.75. The smallest absolute Gasteiger partial charge is 0.253 e. The zero-order chi connectivity index (χ0) is 26.8. The topological polar surface area (TPSA) is 43.9 Å². The molecule has 0 aliphatic carbocycles. The van der Waals surface area contributed by atoms with Crippen molar-refractivity contribution < 1.29 is 9.59 Å². The summed E-state index contributed by atoms with van der Waals surface area (Å²) in [6.07, 6.45) is 2.01. The Hall–Kier alpha value is -2.58. The van der Waals surface area contributed by atoms with Gasteiger partial charge in [0.25, 0.3) is 5.91 Å². The van der Waals surface area contributed by atoms with Gasteiger partial charge in [-0.25, -0.2) is 0 Å². The van der Waals surface area contributed by atoms with Crippen molar-refractivity contribution >= 4 is 55.3 Å². The minimum Gasteiger partial charge on any atom is -0.313 e. The van der Waals surface area contributed by atoms with Crippen molar-refractivity contribution in [1.82, 2.24) is 9.80 Å². The van der Waals surface area contributed by atoms with E-state index >= 15 is 4.79 Å². The number of benzene rings is 3. The number of rotatable bonds is 2. The molecule has 2 fully saturated rings. The number of nitrogens with zero attached hydrogens (tertiary/aromatic N) is 3. The number of anilines is 1. The molecule has 6 rings (SSSR count). The second-order valence-electron chi connectivity index (χ2n) is 10.8. The SMILES string of the molecule is CN1C/C(=C\c2ccc(Br)cc2)C(=O)[C@]2(C1)[C@@H](c1ccc(Br)cc1)CN(C)[C@@]21C(=O)N(C)c2ccccc21. The number of Topliss-reactive ketones (excluding diaryl/α,β-unsaturated/α-hetero) is 1. The molecule has 0 unspecified atom stereocenters. The van der Waals surface area contributed by atoms with Crippen LogP contribution in [0.1, 0.15) is 22.6 Å². The number of carbonyl (C=O) groups is 2. The van der Waals surface area contributed by atoms with Crippen LogP contribution in [0.15, 0.2) is 87.3 Å². The third-order valence-corrected chi connectivity index (χ3v) is 9.74. The van der Waals surface area contributed by atoms with Gasteiger partial charge in [-0.3, -0.25) is 14.5 Å². The van der Waals surface area contributed by atoms with Gasteiger partial charge < -0.3 is 9.80 Å². The van der Waals surface area contributed by atoms with Gasteiger partial charge >= 0.3 is 0 Å². The van der Waals surface area contributed by atoms with E-state index in [1.807, 2.05) is 80.8 Å². The third kappa shape index (κ3) is 3.48. The number of hydrogen-bond acceptors (Lipinski definition) is 4. The molecule has 3 atom stereocenters. The van der Waals surface area contributed by atoms with Crippen LogP contribution in [0.25, 0.3) is 6.08 Å². The van der Waals surface area contributed by atoms with Gasteiger partial charge in [0.15, 0.2) is 5.78 Å². The Balaban J connectivity index is 1.63. The van der Waals surface area contributed by atoms with Crippen LogP contribution in [-0.4, -0.2) is 62.3 Å². The van der Waals surface area contributed by atoms with E-state index in [4.69, 9.17) is 0 Å². The highest BCUT2D eigenvalue weighted by molar-refractivity contribution is 9.10. The molecule has 1 amide bonds. The summed E-state index contributed by atoms with van der Waals surface area (Å²) in [5, 5.41) is 0. The number of para-hydroxylation sites is 1. The molecular formula is C31H29Br2N3O2. The maximum atomic E-state index is 15.1. The standard InChI is InChI=1S/C31H29Br2N3O2/c1-34-17-22(16-20-8-12-23(32)13-9-20)28(37)30(19-34)26(21-10-14-24(33)15-11-21)18-35(2)31(30)25-6-4-5-7-27(25)36(3)29(31)38/h4-16,26H,17-19H2,1-3H3/b22-16+/t26-,30+,31+/m1/s1. The minimum absolute atomic E-state index is 0.0348. The summed E-state index contributed by atoms with van der Waals surface area (Å²) in [4.78, 5) is 35.7. The first-order valence-corrected chi connectivity index (χ1v) is 14.3. The number of hydrogen-bond donors (Lipinski definition) is 0. The monoisotopic (exact) mass is 633 g/mol. The second-order valence-corrected chi connectivity index (χ2v) is 12.6. The average Bonchev–Trinajstić information content (AvgIpc) is 3.29. The predicted octanol–water partition coefficient (Wildman–Crippen LogP) is 5.70. The molecule has 5 nitrogen and oxygen atoms in total. The molecule has 0 radical (unpaired) electrons. The average molecular weight is 635 g/mol. The Morgan fingerprint density at radius 3 is 2.18 bits per heavy atom. The third-order valence-electron chi connectivity index (χ3n) is 8.68. The molecule has 3 aliphatic rings. The molecular weight excluding hydrogens is 606 g/mol. The Kier molecular flexibility index (Phi) is 6.26. The van der Waals surface area contributed by atoms with Crippen molar-refractivity contribution in [2.45, 2.75) is 11.5 Å². The van der Waals surface area contributed by atoms with Gasteiger partial charge in [-0.05, 0) is 61.6 Å². The van der Waals surface area contributed by atoms with Crippen LogP contribution in [-0.2, 0) is 15.1 Å². The molecule has 3 aromatic rings. The van der Waals surface area contributed by atoms with Gasteiger partial charge in [-0.1, -0.05) is 74.3 Å². The number of likely N-dealkylation sites (N-methyl/N-ethyl adjacent to an activating group) is 3. The largest absolute Gasteiger partial charge is 0.313 e. The van der Waals surface area contributed by atoms with Crippen molar-refractivity contribution in [3.63, 3.8) is 0 Å². The molecule has 3 aliphatic heterocycles. The highest BCUT2D eigenvalue weighted by atomic mass is 79.9. The van der Waals surface area contributed by atoms with E-state index in [-0.39, 0.29) is 17.6 Å². The molecule has 0 aromatic heterocycles. The predicted molar refractivity (Wildman–Crippen MR) is 158 cm³/mol. The summed E-state index contributed by atoms with van der Waals surface area (Å²) in [5.74, 6) is -0.144. The normalized spacial score (nSPS) is 28.7. The van der Waals surface area contributed by atoms with E-state index in [0.29, 0.717) is 19.6 Å². The van der Waals surface area contributed by atoms with Crippen LogP contribution in [0.5, 0.6) is 0 Å².